The minimum atomic E-state index is -0.295. The zero-order chi connectivity index (χ0) is 17.4. The molecule has 2 aromatic heterocycles. The molecule has 2 aliphatic heterocycles. The van der Waals surface area contributed by atoms with Gasteiger partial charge in [-0.3, -0.25) is 9.59 Å². The molecule has 0 aliphatic carbocycles. The van der Waals surface area contributed by atoms with Gasteiger partial charge in [-0.2, -0.15) is 0 Å². The molecule has 0 radical (unpaired) electrons. The molecule has 0 unspecified atom stereocenters. The normalized spacial score (nSPS) is 23.6. The fraction of sp³-hybridized carbons (Fsp3) is 0.500. The first-order valence-electron chi connectivity index (χ1n) is 8.65. The van der Waals surface area contributed by atoms with E-state index in [0.29, 0.717) is 19.6 Å². The van der Waals surface area contributed by atoms with Crippen molar-refractivity contribution in [1.82, 2.24) is 15.0 Å². The average molecular weight is 343 g/mol. The zero-order valence-corrected chi connectivity index (χ0v) is 14.2. The fourth-order valence-electron chi connectivity index (χ4n) is 3.80. The van der Waals surface area contributed by atoms with E-state index < -0.39 is 0 Å². The van der Waals surface area contributed by atoms with Gasteiger partial charge in [-0.1, -0.05) is 5.16 Å². The molecule has 0 spiro atoms. The number of amides is 2. The van der Waals surface area contributed by atoms with E-state index in [9.17, 15) is 9.59 Å². The van der Waals surface area contributed by atoms with Gasteiger partial charge in [0.05, 0.1) is 24.8 Å². The second-order valence-electron chi connectivity index (χ2n) is 6.81. The molecule has 4 heterocycles. The van der Waals surface area contributed by atoms with Crippen LogP contribution < -0.4 is 0 Å². The Bertz CT molecular complexity index is 767. The Kier molecular flexibility index (Phi) is 4.07. The summed E-state index contributed by atoms with van der Waals surface area (Å²) in [7, 11) is 0. The highest BCUT2D eigenvalue weighted by Gasteiger charge is 2.41. The van der Waals surface area contributed by atoms with Crippen LogP contribution in [0.2, 0.25) is 0 Å². The molecule has 7 nitrogen and oxygen atoms in total. The maximum absolute atomic E-state index is 13.0. The summed E-state index contributed by atoms with van der Waals surface area (Å²) < 4.78 is 10.5. The van der Waals surface area contributed by atoms with Crippen LogP contribution in [0.25, 0.3) is 0 Å². The highest BCUT2D eigenvalue weighted by Crippen LogP contribution is 2.34. The largest absolute Gasteiger partial charge is 0.467 e. The van der Waals surface area contributed by atoms with Gasteiger partial charge in [0.2, 0.25) is 11.8 Å². The Morgan fingerprint density at radius 3 is 3.04 bits per heavy atom. The third-order valence-electron chi connectivity index (χ3n) is 5.01. The molecule has 2 amide bonds. The van der Waals surface area contributed by atoms with Crippen LogP contribution in [-0.4, -0.2) is 39.9 Å². The van der Waals surface area contributed by atoms with Crippen LogP contribution in [0.15, 0.2) is 33.4 Å². The predicted molar refractivity (Wildman–Crippen MR) is 87.2 cm³/mol. The van der Waals surface area contributed by atoms with Gasteiger partial charge in [0.15, 0.2) is 0 Å². The van der Waals surface area contributed by atoms with Crippen LogP contribution in [0.3, 0.4) is 0 Å². The van der Waals surface area contributed by atoms with Crippen molar-refractivity contribution in [2.24, 2.45) is 5.92 Å². The van der Waals surface area contributed by atoms with Gasteiger partial charge in [0.25, 0.3) is 0 Å². The molecule has 2 aromatic rings. The highest BCUT2D eigenvalue weighted by atomic mass is 16.5. The molecular formula is C18H21N3O4. The monoisotopic (exact) mass is 343 g/mol. The molecule has 0 saturated carbocycles. The molecule has 4 rings (SSSR count). The van der Waals surface area contributed by atoms with Gasteiger partial charge >= 0.3 is 0 Å². The molecule has 2 saturated heterocycles. The molecular weight excluding hydrogens is 322 g/mol. The van der Waals surface area contributed by atoms with E-state index in [2.05, 4.69) is 5.16 Å². The average Bonchev–Trinajstić information content (AvgIpc) is 3.35. The maximum Gasteiger partial charge on any atom is 0.228 e. The summed E-state index contributed by atoms with van der Waals surface area (Å²) in [6.07, 6.45) is 3.68. The number of nitrogens with zero attached hydrogens (tertiary/aromatic N) is 3. The first-order valence-corrected chi connectivity index (χ1v) is 8.65. The number of carbonyl (C=O) groups is 2. The van der Waals surface area contributed by atoms with Crippen molar-refractivity contribution in [2.75, 3.05) is 13.1 Å². The zero-order valence-electron chi connectivity index (χ0n) is 14.2. The summed E-state index contributed by atoms with van der Waals surface area (Å²) in [6, 6.07) is 5.48. The number of aromatic nitrogens is 1. The third kappa shape index (κ3) is 3.06. The second-order valence-corrected chi connectivity index (χ2v) is 6.81. The number of aryl methyl sites for hydroxylation is 1. The molecule has 2 atom stereocenters. The Morgan fingerprint density at radius 1 is 1.44 bits per heavy atom. The summed E-state index contributed by atoms with van der Waals surface area (Å²) in [4.78, 5) is 28.8. The smallest absolute Gasteiger partial charge is 0.228 e. The number of rotatable bonds is 4. The van der Waals surface area contributed by atoms with Gasteiger partial charge in [0.1, 0.15) is 17.2 Å². The Labute approximate surface area is 145 Å². The summed E-state index contributed by atoms with van der Waals surface area (Å²) in [6.45, 7) is 3.42. The fourth-order valence-corrected chi connectivity index (χ4v) is 3.80. The first-order chi connectivity index (χ1) is 12.1. The standard InChI is InChI=1S/C18H21N3O4/c1-12-8-15(19-25-12)16-5-2-6-21(16)18(23)13-9-17(22)20(10-13)11-14-4-3-7-24-14/h3-4,7-8,13,16H,2,5-6,9-11H2,1H3/t13-,16+/m1/s1. The summed E-state index contributed by atoms with van der Waals surface area (Å²) in [5.41, 5.74) is 0.806. The van der Waals surface area contributed by atoms with Crippen molar-refractivity contribution >= 4 is 11.8 Å². The Balaban J connectivity index is 1.44. The quantitative estimate of drug-likeness (QED) is 0.851. The van der Waals surface area contributed by atoms with Crippen molar-refractivity contribution in [3.63, 3.8) is 0 Å². The van der Waals surface area contributed by atoms with E-state index in [1.54, 1.807) is 17.2 Å². The van der Waals surface area contributed by atoms with Crippen LogP contribution in [0.1, 0.15) is 42.5 Å². The lowest BCUT2D eigenvalue weighted by Gasteiger charge is -2.26. The SMILES string of the molecule is Cc1cc([C@@H]2CCCN2C(=O)[C@@H]2CC(=O)N(Cc3ccco3)C2)no1. The molecule has 25 heavy (non-hydrogen) atoms. The number of likely N-dealkylation sites (tertiary alicyclic amines) is 2. The number of furan rings is 1. The Morgan fingerprint density at radius 2 is 2.32 bits per heavy atom. The van der Waals surface area contributed by atoms with E-state index >= 15 is 0 Å². The summed E-state index contributed by atoms with van der Waals surface area (Å²) >= 11 is 0. The van der Waals surface area contributed by atoms with Crippen molar-refractivity contribution in [3.05, 3.63) is 41.7 Å². The van der Waals surface area contributed by atoms with Crippen LogP contribution in [0.5, 0.6) is 0 Å². The van der Waals surface area contributed by atoms with Crippen molar-refractivity contribution in [2.45, 2.75) is 38.8 Å². The third-order valence-corrected chi connectivity index (χ3v) is 5.01. The van der Waals surface area contributed by atoms with E-state index in [4.69, 9.17) is 8.94 Å². The van der Waals surface area contributed by atoms with Gasteiger partial charge < -0.3 is 18.7 Å². The number of hydrogen-bond acceptors (Lipinski definition) is 5. The maximum atomic E-state index is 13.0. The first kappa shape index (κ1) is 15.9. The summed E-state index contributed by atoms with van der Waals surface area (Å²) in [5.74, 6) is 1.23. The lowest BCUT2D eigenvalue weighted by Crippen LogP contribution is -2.37. The van der Waals surface area contributed by atoms with Gasteiger partial charge in [-0.25, -0.2) is 0 Å². The summed E-state index contributed by atoms with van der Waals surface area (Å²) in [5, 5.41) is 4.08. The minimum absolute atomic E-state index is 0.00257. The van der Waals surface area contributed by atoms with Crippen LogP contribution >= 0.6 is 0 Å². The van der Waals surface area contributed by atoms with E-state index in [0.717, 1.165) is 30.1 Å². The van der Waals surface area contributed by atoms with Gasteiger partial charge in [-0.15, -0.1) is 0 Å². The molecule has 2 aliphatic rings. The van der Waals surface area contributed by atoms with Crippen molar-refractivity contribution in [3.8, 4) is 0 Å². The van der Waals surface area contributed by atoms with Crippen molar-refractivity contribution < 1.29 is 18.5 Å². The van der Waals surface area contributed by atoms with Crippen LogP contribution in [-0.2, 0) is 16.1 Å². The molecule has 0 aromatic carbocycles. The highest BCUT2D eigenvalue weighted by molar-refractivity contribution is 5.89. The van der Waals surface area contributed by atoms with Crippen molar-refractivity contribution in [1.29, 1.82) is 0 Å². The molecule has 132 valence electrons. The minimum Gasteiger partial charge on any atom is -0.467 e. The second kappa shape index (κ2) is 6.38. The lowest BCUT2D eigenvalue weighted by molar-refractivity contribution is -0.136. The molecule has 7 heteroatoms. The van der Waals surface area contributed by atoms with E-state index in [1.165, 1.54) is 0 Å². The number of hydrogen-bond donors (Lipinski definition) is 0. The Hall–Kier alpha value is -2.57. The van der Waals surface area contributed by atoms with Gasteiger partial charge in [-0.05, 0) is 31.9 Å². The predicted octanol–water partition coefficient (Wildman–Crippen LogP) is 2.29. The van der Waals surface area contributed by atoms with E-state index in [1.807, 2.05) is 24.0 Å². The topological polar surface area (TPSA) is 79.8 Å². The van der Waals surface area contributed by atoms with E-state index in [-0.39, 0.29) is 30.2 Å². The number of carbonyl (C=O) groups excluding carboxylic acids is 2. The lowest BCUT2D eigenvalue weighted by atomic mass is 10.1. The van der Waals surface area contributed by atoms with Gasteiger partial charge in [0, 0.05) is 25.6 Å². The molecule has 2 fully saturated rings. The molecule has 0 bridgehead atoms. The van der Waals surface area contributed by atoms with Crippen LogP contribution in [0, 0.1) is 12.8 Å². The molecule has 0 N–H and O–H groups in total. The van der Waals surface area contributed by atoms with Crippen LogP contribution in [0.4, 0.5) is 0 Å².